The summed E-state index contributed by atoms with van der Waals surface area (Å²) >= 11 is 0. The number of carboxylic acid groups (broad SMARTS) is 2. The first-order valence-corrected chi connectivity index (χ1v) is 4.44. The minimum absolute atomic E-state index is 0.0775. The Hall–Kier alpha value is -2.75. The number of carbonyl (C=O) groups is 2. The van der Waals surface area contributed by atoms with E-state index in [9.17, 15) is 9.59 Å². The molecular weight excluding hydrogens is 226 g/mol. The highest BCUT2D eigenvalue weighted by Crippen LogP contribution is 2.29. The zero-order valence-electron chi connectivity index (χ0n) is 8.84. The lowest BCUT2D eigenvalue weighted by atomic mass is 10.1. The molecule has 0 aromatic heterocycles. The summed E-state index contributed by atoms with van der Waals surface area (Å²) in [6, 6.07) is 4.43. The van der Waals surface area contributed by atoms with E-state index < -0.39 is 12.2 Å². The normalized spacial score (nSPS) is 9.41. The number of hydrogen-bond donors (Lipinski definition) is 3. The van der Waals surface area contributed by atoms with E-state index in [0.29, 0.717) is 5.56 Å². The number of nitrogen functional groups attached to an aromatic ring is 1. The van der Waals surface area contributed by atoms with Crippen molar-refractivity contribution in [2.24, 2.45) is 0 Å². The van der Waals surface area contributed by atoms with Gasteiger partial charge in [0.05, 0.1) is 23.0 Å². The number of benzene rings is 1. The number of nitrogens with zero attached hydrogens (tertiary/aromatic N) is 2. The van der Waals surface area contributed by atoms with Crippen LogP contribution < -0.4 is 10.6 Å². The fourth-order valence-electron chi connectivity index (χ4n) is 1.45. The molecule has 17 heavy (non-hydrogen) atoms. The fourth-order valence-corrected chi connectivity index (χ4v) is 1.45. The molecule has 0 atom stereocenters. The summed E-state index contributed by atoms with van der Waals surface area (Å²) in [6.45, 7) is 1.48. The van der Waals surface area contributed by atoms with E-state index in [1.165, 1.54) is 19.1 Å². The largest absolute Gasteiger partial charge is 0.464 e. The SMILES string of the molecule is Cc1cc(C#N)cc(N)c1N(C(=O)O)C(=O)O. The molecule has 0 spiro atoms. The van der Waals surface area contributed by atoms with Crippen molar-refractivity contribution in [3.63, 3.8) is 0 Å². The molecule has 0 fully saturated rings. The molecular formula is C10H9N3O4. The first-order valence-electron chi connectivity index (χ1n) is 4.44. The molecule has 1 aromatic carbocycles. The average molecular weight is 235 g/mol. The number of nitrogens with two attached hydrogens (primary N) is 1. The smallest absolute Gasteiger partial charge is 0.421 e. The number of hydrogen-bond acceptors (Lipinski definition) is 4. The second-order valence-corrected chi connectivity index (χ2v) is 3.24. The summed E-state index contributed by atoms with van der Waals surface area (Å²) in [5.41, 5.74) is 5.86. The van der Waals surface area contributed by atoms with Gasteiger partial charge in [-0.15, -0.1) is 0 Å². The minimum Gasteiger partial charge on any atom is -0.464 e. The first kappa shape index (κ1) is 12.3. The Bertz CT molecular complexity index is 496. The molecule has 0 bridgehead atoms. The Balaban J connectivity index is 3.46. The Kier molecular flexibility index (Phi) is 3.19. The van der Waals surface area contributed by atoms with Gasteiger partial charge >= 0.3 is 12.2 Å². The zero-order chi connectivity index (χ0) is 13.2. The van der Waals surface area contributed by atoms with E-state index in [4.69, 9.17) is 21.2 Å². The van der Waals surface area contributed by atoms with Crippen molar-refractivity contribution < 1.29 is 19.8 Å². The highest BCUT2D eigenvalue weighted by atomic mass is 16.4. The summed E-state index contributed by atoms with van der Waals surface area (Å²) in [4.78, 5) is 21.8. The van der Waals surface area contributed by atoms with Crippen molar-refractivity contribution in [1.82, 2.24) is 0 Å². The fraction of sp³-hybridized carbons (Fsp3) is 0.100. The van der Waals surface area contributed by atoms with Crippen LogP contribution in [0.4, 0.5) is 21.0 Å². The molecule has 4 N–H and O–H groups in total. The van der Waals surface area contributed by atoms with E-state index in [2.05, 4.69) is 0 Å². The van der Waals surface area contributed by atoms with Crippen LogP contribution in [-0.2, 0) is 0 Å². The van der Waals surface area contributed by atoms with E-state index in [0.717, 1.165) is 0 Å². The molecule has 0 aliphatic rings. The number of rotatable bonds is 1. The topological polar surface area (TPSA) is 128 Å². The summed E-state index contributed by atoms with van der Waals surface area (Å²) in [7, 11) is 0. The Morgan fingerprint density at radius 1 is 1.35 bits per heavy atom. The van der Waals surface area contributed by atoms with Crippen molar-refractivity contribution in [1.29, 1.82) is 5.26 Å². The summed E-state index contributed by atoms with van der Waals surface area (Å²) < 4.78 is 0. The van der Waals surface area contributed by atoms with Gasteiger partial charge in [0.2, 0.25) is 0 Å². The number of imide groups is 1. The predicted molar refractivity (Wildman–Crippen MR) is 58.8 cm³/mol. The van der Waals surface area contributed by atoms with Gasteiger partial charge in [0.1, 0.15) is 0 Å². The van der Waals surface area contributed by atoms with Gasteiger partial charge in [-0.2, -0.15) is 10.2 Å². The van der Waals surface area contributed by atoms with E-state index in [1.807, 2.05) is 6.07 Å². The van der Waals surface area contributed by atoms with Crippen LogP contribution in [0.25, 0.3) is 0 Å². The third-order valence-electron chi connectivity index (χ3n) is 2.07. The summed E-state index contributed by atoms with van der Waals surface area (Å²) in [5.74, 6) is 0. The van der Waals surface area contributed by atoms with Crippen molar-refractivity contribution >= 4 is 23.6 Å². The second kappa shape index (κ2) is 4.40. The van der Waals surface area contributed by atoms with Gasteiger partial charge in [0, 0.05) is 0 Å². The molecule has 1 aromatic rings. The first-order chi connectivity index (χ1) is 7.88. The zero-order valence-corrected chi connectivity index (χ0v) is 8.84. The van der Waals surface area contributed by atoms with Crippen molar-refractivity contribution in [3.05, 3.63) is 23.3 Å². The lowest BCUT2D eigenvalue weighted by Crippen LogP contribution is -2.35. The number of anilines is 2. The molecule has 0 aliphatic carbocycles. The molecule has 1 rings (SSSR count). The van der Waals surface area contributed by atoms with Gasteiger partial charge in [-0.1, -0.05) is 0 Å². The monoisotopic (exact) mass is 235 g/mol. The lowest BCUT2D eigenvalue weighted by molar-refractivity contribution is 0.184. The van der Waals surface area contributed by atoms with Crippen LogP contribution in [0, 0.1) is 18.3 Å². The van der Waals surface area contributed by atoms with Crippen LogP contribution in [0.15, 0.2) is 12.1 Å². The quantitative estimate of drug-likeness (QED) is 0.634. The van der Waals surface area contributed by atoms with Gasteiger partial charge in [-0.25, -0.2) is 9.59 Å². The van der Waals surface area contributed by atoms with Gasteiger partial charge in [0.25, 0.3) is 0 Å². The standard InChI is InChI=1S/C10H9N3O4/c1-5-2-6(4-11)3-7(12)8(5)13(9(14)15)10(16)17/h2-3H,12H2,1H3,(H,14,15)(H,16,17). The van der Waals surface area contributed by atoms with Crippen LogP contribution in [0.3, 0.4) is 0 Å². The minimum atomic E-state index is -1.66. The highest BCUT2D eigenvalue weighted by Gasteiger charge is 2.26. The van der Waals surface area contributed by atoms with Crippen molar-refractivity contribution in [2.75, 3.05) is 10.6 Å². The van der Waals surface area contributed by atoms with Gasteiger partial charge in [0.15, 0.2) is 0 Å². The second-order valence-electron chi connectivity index (χ2n) is 3.24. The lowest BCUT2D eigenvalue weighted by Gasteiger charge is -2.18. The van der Waals surface area contributed by atoms with Crippen LogP contribution in [0.2, 0.25) is 0 Å². The van der Waals surface area contributed by atoms with Crippen molar-refractivity contribution in [2.45, 2.75) is 6.92 Å². The average Bonchev–Trinajstić information content (AvgIpc) is 2.21. The van der Waals surface area contributed by atoms with Crippen LogP contribution >= 0.6 is 0 Å². The molecule has 88 valence electrons. The molecule has 7 heteroatoms. The third kappa shape index (κ3) is 2.26. The van der Waals surface area contributed by atoms with Gasteiger partial charge < -0.3 is 15.9 Å². The molecule has 7 nitrogen and oxygen atoms in total. The Labute approximate surface area is 96.3 Å². The maximum Gasteiger partial charge on any atom is 0.421 e. The summed E-state index contributed by atoms with van der Waals surface area (Å²) in [6.07, 6.45) is -3.31. The number of aryl methyl sites for hydroxylation is 1. The Morgan fingerprint density at radius 2 is 1.88 bits per heavy atom. The highest BCUT2D eigenvalue weighted by molar-refractivity contribution is 6.10. The molecule has 0 aliphatic heterocycles. The van der Waals surface area contributed by atoms with E-state index in [-0.39, 0.29) is 21.8 Å². The molecule has 2 amide bonds. The molecule has 0 unspecified atom stereocenters. The van der Waals surface area contributed by atoms with Crippen molar-refractivity contribution in [3.8, 4) is 6.07 Å². The van der Waals surface area contributed by atoms with E-state index >= 15 is 0 Å². The predicted octanol–water partition coefficient (Wildman–Crippen LogP) is 1.61. The Morgan fingerprint density at radius 3 is 2.24 bits per heavy atom. The molecule has 0 saturated heterocycles. The number of amides is 2. The molecule has 0 saturated carbocycles. The van der Waals surface area contributed by atoms with E-state index in [1.54, 1.807) is 0 Å². The number of nitriles is 1. The summed E-state index contributed by atoms with van der Waals surface area (Å²) in [5, 5.41) is 26.3. The molecule has 0 radical (unpaired) electrons. The van der Waals surface area contributed by atoms with Crippen LogP contribution in [0.5, 0.6) is 0 Å². The van der Waals surface area contributed by atoms with Gasteiger partial charge in [-0.3, -0.25) is 0 Å². The molecule has 0 heterocycles. The van der Waals surface area contributed by atoms with Gasteiger partial charge in [-0.05, 0) is 24.6 Å². The van der Waals surface area contributed by atoms with Crippen LogP contribution in [-0.4, -0.2) is 22.4 Å². The third-order valence-corrected chi connectivity index (χ3v) is 2.07. The van der Waals surface area contributed by atoms with Crippen LogP contribution in [0.1, 0.15) is 11.1 Å². The maximum atomic E-state index is 10.8. The maximum absolute atomic E-state index is 10.8.